The average Bonchev–Trinajstić information content (AvgIpc) is 2.79. The molecule has 1 aromatic heterocycles. The molecular weight excluding hydrogens is 394 g/mol. The zero-order chi connectivity index (χ0) is 20.8. The summed E-state index contributed by atoms with van der Waals surface area (Å²) in [6.45, 7) is 0. The number of aromatic nitrogens is 2. The number of carbonyl (C=O) groups is 1. The molecule has 148 valence electrons. The summed E-state index contributed by atoms with van der Waals surface area (Å²) in [6.07, 6.45) is 1.02. The predicted octanol–water partition coefficient (Wildman–Crippen LogP) is 6.04. The second-order valence-electron chi connectivity index (χ2n) is 6.87. The van der Waals surface area contributed by atoms with Crippen LogP contribution in [0.4, 0.5) is 5.95 Å². The Balaban J connectivity index is 1.60. The Kier molecular flexibility index (Phi) is 6.16. The fraction of sp³-hybridized carbons (Fsp3) is 0.0800. The van der Waals surface area contributed by atoms with E-state index in [1.807, 2.05) is 91.0 Å². The fourth-order valence-corrected chi connectivity index (χ4v) is 3.24. The topological polar surface area (TPSA) is 54.9 Å². The van der Waals surface area contributed by atoms with Gasteiger partial charge in [0.1, 0.15) is 0 Å². The van der Waals surface area contributed by atoms with Crippen molar-refractivity contribution in [3.63, 3.8) is 0 Å². The second-order valence-corrected chi connectivity index (χ2v) is 7.31. The number of nitrogens with zero attached hydrogens (tertiary/aromatic N) is 2. The first kappa shape index (κ1) is 19.8. The minimum atomic E-state index is -0.119. The zero-order valence-corrected chi connectivity index (χ0v) is 17.0. The Morgan fingerprint density at radius 2 is 1.33 bits per heavy atom. The third kappa shape index (κ3) is 5.10. The van der Waals surface area contributed by atoms with E-state index in [2.05, 4.69) is 15.3 Å². The summed E-state index contributed by atoms with van der Waals surface area (Å²) in [5, 5.41) is 3.51. The predicted molar refractivity (Wildman–Crippen MR) is 121 cm³/mol. The van der Waals surface area contributed by atoms with Crippen LogP contribution in [0.15, 0.2) is 91.0 Å². The van der Waals surface area contributed by atoms with Crippen LogP contribution in [0.2, 0.25) is 5.02 Å². The quantitative estimate of drug-likeness (QED) is 0.419. The molecule has 4 nitrogen and oxygen atoms in total. The molecule has 1 N–H and O–H groups in total. The van der Waals surface area contributed by atoms with Gasteiger partial charge in [-0.05, 0) is 30.2 Å². The number of anilines is 1. The van der Waals surface area contributed by atoms with Crippen LogP contribution in [0.25, 0.3) is 22.5 Å². The van der Waals surface area contributed by atoms with Crippen LogP contribution < -0.4 is 5.32 Å². The van der Waals surface area contributed by atoms with Crippen molar-refractivity contribution in [3.8, 4) is 22.5 Å². The molecule has 0 aliphatic carbocycles. The van der Waals surface area contributed by atoms with Crippen LogP contribution in [-0.2, 0) is 11.2 Å². The van der Waals surface area contributed by atoms with Crippen molar-refractivity contribution in [1.29, 1.82) is 0 Å². The minimum Gasteiger partial charge on any atom is -0.294 e. The van der Waals surface area contributed by atoms with Gasteiger partial charge in [0.15, 0.2) is 0 Å². The highest BCUT2D eigenvalue weighted by molar-refractivity contribution is 6.30. The Morgan fingerprint density at radius 3 is 1.97 bits per heavy atom. The van der Waals surface area contributed by atoms with Crippen molar-refractivity contribution in [3.05, 3.63) is 102 Å². The molecular formula is C25H20ClN3O. The number of hydrogen-bond donors (Lipinski definition) is 1. The molecule has 0 atom stereocenters. The lowest BCUT2D eigenvalue weighted by molar-refractivity contribution is -0.116. The molecule has 5 heteroatoms. The average molecular weight is 414 g/mol. The van der Waals surface area contributed by atoms with E-state index in [1.165, 1.54) is 0 Å². The largest absolute Gasteiger partial charge is 0.294 e. The van der Waals surface area contributed by atoms with E-state index in [-0.39, 0.29) is 5.91 Å². The van der Waals surface area contributed by atoms with Gasteiger partial charge in [-0.15, -0.1) is 0 Å². The molecule has 4 aromatic rings. The van der Waals surface area contributed by atoms with Gasteiger partial charge in [0, 0.05) is 22.6 Å². The van der Waals surface area contributed by atoms with Crippen LogP contribution in [-0.4, -0.2) is 15.9 Å². The van der Waals surface area contributed by atoms with Gasteiger partial charge >= 0.3 is 0 Å². The number of carbonyl (C=O) groups excluding carboxylic acids is 1. The number of amides is 1. The van der Waals surface area contributed by atoms with Gasteiger partial charge in [-0.25, -0.2) is 9.97 Å². The molecule has 0 radical (unpaired) electrons. The Bertz CT molecular complexity index is 1130. The highest BCUT2D eigenvalue weighted by atomic mass is 35.5. The van der Waals surface area contributed by atoms with Crippen LogP contribution >= 0.6 is 11.6 Å². The van der Waals surface area contributed by atoms with Crippen molar-refractivity contribution >= 4 is 23.5 Å². The van der Waals surface area contributed by atoms with Gasteiger partial charge in [-0.2, -0.15) is 0 Å². The zero-order valence-electron chi connectivity index (χ0n) is 16.3. The molecule has 0 spiro atoms. The smallest absolute Gasteiger partial charge is 0.230 e. The molecule has 3 aromatic carbocycles. The number of nitrogens with one attached hydrogen (secondary N) is 1. The van der Waals surface area contributed by atoms with Gasteiger partial charge in [-0.1, -0.05) is 84.4 Å². The summed E-state index contributed by atoms with van der Waals surface area (Å²) in [6, 6.07) is 29.1. The van der Waals surface area contributed by atoms with Crippen molar-refractivity contribution < 1.29 is 4.79 Å². The van der Waals surface area contributed by atoms with Gasteiger partial charge in [0.05, 0.1) is 11.4 Å². The molecule has 0 saturated carbocycles. The van der Waals surface area contributed by atoms with E-state index in [4.69, 9.17) is 11.6 Å². The summed E-state index contributed by atoms with van der Waals surface area (Å²) in [7, 11) is 0. The van der Waals surface area contributed by atoms with Crippen molar-refractivity contribution in [2.75, 3.05) is 5.32 Å². The van der Waals surface area contributed by atoms with Crippen LogP contribution in [0.3, 0.4) is 0 Å². The summed E-state index contributed by atoms with van der Waals surface area (Å²) in [5.41, 5.74) is 4.44. The number of aryl methyl sites for hydroxylation is 1. The molecule has 0 saturated heterocycles. The Labute approximate surface area is 180 Å². The first-order valence-corrected chi connectivity index (χ1v) is 10.1. The molecule has 30 heavy (non-hydrogen) atoms. The van der Waals surface area contributed by atoms with E-state index in [1.54, 1.807) is 0 Å². The van der Waals surface area contributed by atoms with Gasteiger partial charge in [0.25, 0.3) is 0 Å². The molecule has 1 amide bonds. The fourth-order valence-electron chi connectivity index (χ4n) is 3.12. The minimum absolute atomic E-state index is 0.119. The Hall–Kier alpha value is -3.50. The summed E-state index contributed by atoms with van der Waals surface area (Å²) in [5.74, 6) is 0.172. The molecule has 0 bridgehead atoms. The lowest BCUT2D eigenvalue weighted by atomic mass is 10.1. The van der Waals surface area contributed by atoms with Gasteiger partial charge in [0.2, 0.25) is 11.9 Å². The highest BCUT2D eigenvalue weighted by Crippen LogP contribution is 2.26. The normalized spacial score (nSPS) is 10.6. The standard InChI is InChI=1S/C25H20ClN3O/c26-21-14-12-20(13-15-21)23-17-22(19-9-5-2-6-10-19)27-25(28-23)29-24(30)16-11-18-7-3-1-4-8-18/h1-10,12-15,17H,11,16H2,(H,27,28,29,30). The summed E-state index contributed by atoms with van der Waals surface area (Å²) >= 11 is 6.02. The molecule has 1 heterocycles. The molecule has 0 aliphatic heterocycles. The van der Waals surface area contributed by atoms with E-state index < -0.39 is 0 Å². The number of benzene rings is 3. The molecule has 0 fully saturated rings. The maximum absolute atomic E-state index is 12.5. The van der Waals surface area contributed by atoms with E-state index in [9.17, 15) is 4.79 Å². The van der Waals surface area contributed by atoms with Gasteiger partial charge in [-0.3, -0.25) is 10.1 Å². The van der Waals surface area contributed by atoms with E-state index in [0.29, 0.717) is 23.8 Å². The monoisotopic (exact) mass is 413 g/mol. The summed E-state index contributed by atoms with van der Waals surface area (Å²) in [4.78, 5) is 21.7. The van der Waals surface area contributed by atoms with Crippen LogP contribution in [0.5, 0.6) is 0 Å². The Morgan fingerprint density at radius 1 is 0.767 bits per heavy atom. The maximum atomic E-state index is 12.5. The first-order valence-electron chi connectivity index (χ1n) is 9.71. The second kappa shape index (κ2) is 9.33. The lowest BCUT2D eigenvalue weighted by Gasteiger charge is -2.10. The molecule has 0 unspecified atom stereocenters. The van der Waals surface area contributed by atoms with E-state index >= 15 is 0 Å². The number of hydrogen-bond acceptors (Lipinski definition) is 3. The lowest BCUT2D eigenvalue weighted by Crippen LogP contribution is -2.15. The highest BCUT2D eigenvalue weighted by Gasteiger charge is 2.11. The summed E-state index contributed by atoms with van der Waals surface area (Å²) < 4.78 is 0. The van der Waals surface area contributed by atoms with Crippen molar-refractivity contribution in [2.45, 2.75) is 12.8 Å². The molecule has 4 rings (SSSR count). The molecule has 0 aliphatic rings. The third-order valence-corrected chi connectivity index (χ3v) is 4.92. The van der Waals surface area contributed by atoms with Crippen molar-refractivity contribution in [2.24, 2.45) is 0 Å². The first-order chi connectivity index (χ1) is 14.7. The van der Waals surface area contributed by atoms with Crippen LogP contribution in [0.1, 0.15) is 12.0 Å². The SMILES string of the molecule is O=C(CCc1ccccc1)Nc1nc(-c2ccccc2)cc(-c2ccc(Cl)cc2)n1. The van der Waals surface area contributed by atoms with E-state index in [0.717, 1.165) is 28.1 Å². The number of rotatable bonds is 6. The van der Waals surface area contributed by atoms with Crippen LogP contribution in [0, 0.1) is 0 Å². The van der Waals surface area contributed by atoms with Crippen molar-refractivity contribution in [1.82, 2.24) is 9.97 Å². The maximum Gasteiger partial charge on any atom is 0.230 e. The third-order valence-electron chi connectivity index (χ3n) is 4.67. The van der Waals surface area contributed by atoms with Gasteiger partial charge < -0.3 is 0 Å². The number of halogens is 1.